The first-order valence-electron chi connectivity index (χ1n) is 5.66. The topological polar surface area (TPSA) is 41.1 Å². The lowest BCUT2D eigenvalue weighted by Gasteiger charge is -2.11. The number of aryl methyl sites for hydroxylation is 1. The minimum absolute atomic E-state index is 0.0727. The number of carbonyl (C=O) groups excluding carboxylic acids is 1. The highest BCUT2D eigenvalue weighted by molar-refractivity contribution is 7.10. The number of amides is 1. The molecule has 0 spiro atoms. The van der Waals surface area contributed by atoms with Gasteiger partial charge in [-0.3, -0.25) is 4.79 Å². The second-order valence-electron chi connectivity index (χ2n) is 4.01. The van der Waals surface area contributed by atoms with Crippen molar-refractivity contribution >= 4 is 17.2 Å². The molecule has 1 aromatic heterocycles. The highest BCUT2D eigenvalue weighted by Crippen LogP contribution is 2.14. The van der Waals surface area contributed by atoms with Gasteiger partial charge in [-0.05, 0) is 37.3 Å². The molecule has 4 heteroatoms. The second kappa shape index (κ2) is 6.66. The van der Waals surface area contributed by atoms with E-state index in [9.17, 15) is 4.79 Å². The highest BCUT2D eigenvalue weighted by atomic mass is 32.1. The van der Waals surface area contributed by atoms with Crippen LogP contribution in [-0.4, -0.2) is 18.5 Å². The Kier molecular flexibility index (Phi) is 5.49. The lowest BCUT2D eigenvalue weighted by atomic mass is 10.2. The summed E-state index contributed by atoms with van der Waals surface area (Å²) in [6.45, 7) is 7.33. The van der Waals surface area contributed by atoms with Crippen molar-refractivity contribution in [2.75, 3.05) is 6.54 Å². The molecule has 0 aliphatic carbocycles. The van der Waals surface area contributed by atoms with Crippen LogP contribution in [0.25, 0.3) is 0 Å². The Hall–Kier alpha value is -0.870. The zero-order valence-electron chi connectivity index (χ0n) is 10.2. The molecule has 3 nitrogen and oxygen atoms in total. The first kappa shape index (κ1) is 13.2. The van der Waals surface area contributed by atoms with E-state index in [0.29, 0.717) is 6.54 Å². The zero-order valence-corrected chi connectivity index (χ0v) is 11.0. The molecule has 0 aromatic carbocycles. The van der Waals surface area contributed by atoms with Gasteiger partial charge in [-0.1, -0.05) is 6.92 Å². The molecule has 0 saturated heterocycles. The molecule has 2 N–H and O–H groups in total. The minimum atomic E-state index is 0.0727. The molecule has 0 fully saturated rings. The van der Waals surface area contributed by atoms with Crippen molar-refractivity contribution in [1.82, 2.24) is 10.6 Å². The molecule has 0 bridgehead atoms. The van der Waals surface area contributed by atoms with Crippen LogP contribution in [0.4, 0.5) is 0 Å². The van der Waals surface area contributed by atoms with E-state index in [2.05, 4.69) is 35.9 Å². The zero-order chi connectivity index (χ0) is 12.0. The van der Waals surface area contributed by atoms with Gasteiger partial charge in [-0.15, -0.1) is 11.3 Å². The van der Waals surface area contributed by atoms with E-state index in [1.54, 1.807) is 11.3 Å². The summed E-state index contributed by atoms with van der Waals surface area (Å²) in [5.74, 6) is 0.0727. The molecule has 90 valence electrons. The van der Waals surface area contributed by atoms with E-state index >= 15 is 0 Å². The minimum Gasteiger partial charge on any atom is -0.353 e. The summed E-state index contributed by atoms with van der Waals surface area (Å²) in [6, 6.07) is 2.36. The number of rotatable bonds is 6. The van der Waals surface area contributed by atoms with E-state index in [-0.39, 0.29) is 11.9 Å². The first-order chi connectivity index (χ1) is 7.63. The summed E-state index contributed by atoms with van der Waals surface area (Å²) >= 11 is 1.73. The largest absolute Gasteiger partial charge is 0.353 e. The van der Waals surface area contributed by atoms with Gasteiger partial charge < -0.3 is 10.6 Å². The number of thiophene rings is 1. The number of nitrogens with one attached hydrogen (secondary N) is 2. The Morgan fingerprint density at radius 2 is 2.31 bits per heavy atom. The maximum Gasteiger partial charge on any atom is 0.234 e. The Labute approximate surface area is 101 Å². The van der Waals surface area contributed by atoms with Gasteiger partial charge in [0.15, 0.2) is 0 Å². The fourth-order valence-corrected chi connectivity index (χ4v) is 2.18. The highest BCUT2D eigenvalue weighted by Gasteiger charge is 2.05. The molecule has 1 aromatic rings. The van der Waals surface area contributed by atoms with Crippen LogP contribution in [0.2, 0.25) is 0 Å². The molecular formula is C12H20N2OS. The van der Waals surface area contributed by atoms with Crippen LogP contribution in [-0.2, 0) is 11.3 Å². The maximum atomic E-state index is 11.5. The monoisotopic (exact) mass is 240 g/mol. The van der Waals surface area contributed by atoms with Crippen molar-refractivity contribution in [3.05, 3.63) is 21.9 Å². The predicted molar refractivity (Wildman–Crippen MR) is 68.7 cm³/mol. The molecule has 0 aliphatic heterocycles. The van der Waals surface area contributed by atoms with E-state index in [1.165, 1.54) is 10.4 Å². The van der Waals surface area contributed by atoms with E-state index < -0.39 is 0 Å². The van der Waals surface area contributed by atoms with Crippen molar-refractivity contribution < 1.29 is 4.79 Å². The van der Waals surface area contributed by atoms with Crippen LogP contribution >= 0.6 is 11.3 Å². The summed E-state index contributed by atoms with van der Waals surface area (Å²) in [5.41, 5.74) is 1.29. The van der Waals surface area contributed by atoms with Crippen molar-refractivity contribution in [2.24, 2.45) is 0 Å². The Balaban J connectivity index is 2.21. The van der Waals surface area contributed by atoms with Crippen molar-refractivity contribution in [1.29, 1.82) is 0 Å². The molecule has 0 aliphatic rings. The first-order valence-corrected chi connectivity index (χ1v) is 6.54. The quantitative estimate of drug-likeness (QED) is 0.799. The van der Waals surface area contributed by atoms with Crippen LogP contribution in [0.1, 0.15) is 30.7 Å². The standard InChI is InChI=1S/C12H20N2OS/c1-4-10(3)14-12(15)8-13-7-11-9(2)5-6-16-11/h5-6,10,13H,4,7-8H2,1-3H3,(H,14,15). The molecule has 16 heavy (non-hydrogen) atoms. The van der Waals surface area contributed by atoms with Crippen molar-refractivity contribution in [3.63, 3.8) is 0 Å². The van der Waals surface area contributed by atoms with Crippen molar-refractivity contribution in [3.8, 4) is 0 Å². The van der Waals surface area contributed by atoms with Crippen LogP contribution in [0.15, 0.2) is 11.4 Å². The van der Waals surface area contributed by atoms with Crippen LogP contribution in [0.3, 0.4) is 0 Å². The number of carbonyl (C=O) groups is 1. The fourth-order valence-electron chi connectivity index (χ4n) is 1.30. The van der Waals surface area contributed by atoms with E-state index in [0.717, 1.165) is 13.0 Å². The summed E-state index contributed by atoms with van der Waals surface area (Å²) < 4.78 is 0. The molecule has 1 unspecified atom stereocenters. The Morgan fingerprint density at radius 1 is 1.56 bits per heavy atom. The summed E-state index contributed by atoms with van der Waals surface area (Å²) in [7, 11) is 0. The van der Waals surface area contributed by atoms with Crippen LogP contribution < -0.4 is 10.6 Å². The van der Waals surface area contributed by atoms with Crippen molar-refractivity contribution in [2.45, 2.75) is 39.8 Å². The molecule has 0 saturated carbocycles. The summed E-state index contributed by atoms with van der Waals surface area (Å²) in [6.07, 6.45) is 0.968. The second-order valence-corrected chi connectivity index (χ2v) is 5.01. The molecule has 1 heterocycles. The fraction of sp³-hybridized carbons (Fsp3) is 0.583. The van der Waals surface area contributed by atoms with Crippen LogP contribution in [0, 0.1) is 6.92 Å². The lowest BCUT2D eigenvalue weighted by molar-refractivity contribution is -0.120. The normalized spacial score (nSPS) is 12.4. The lowest BCUT2D eigenvalue weighted by Crippen LogP contribution is -2.38. The van der Waals surface area contributed by atoms with Gasteiger partial charge in [-0.2, -0.15) is 0 Å². The van der Waals surface area contributed by atoms with E-state index in [4.69, 9.17) is 0 Å². The average Bonchev–Trinajstić information content (AvgIpc) is 2.64. The molecular weight excluding hydrogens is 220 g/mol. The average molecular weight is 240 g/mol. The van der Waals surface area contributed by atoms with Gasteiger partial charge in [0, 0.05) is 17.5 Å². The number of hydrogen-bond donors (Lipinski definition) is 2. The predicted octanol–water partition coefficient (Wildman–Crippen LogP) is 2.06. The third-order valence-corrected chi connectivity index (χ3v) is 3.58. The third-order valence-electron chi connectivity index (χ3n) is 2.56. The smallest absolute Gasteiger partial charge is 0.234 e. The van der Waals surface area contributed by atoms with Crippen LogP contribution in [0.5, 0.6) is 0 Å². The van der Waals surface area contributed by atoms with E-state index in [1.807, 2.05) is 6.92 Å². The van der Waals surface area contributed by atoms with Gasteiger partial charge >= 0.3 is 0 Å². The Bertz CT molecular complexity index is 336. The van der Waals surface area contributed by atoms with Gasteiger partial charge in [-0.25, -0.2) is 0 Å². The van der Waals surface area contributed by atoms with Gasteiger partial charge in [0.25, 0.3) is 0 Å². The Morgan fingerprint density at radius 3 is 2.88 bits per heavy atom. The molecule has 1 amide bonds. The molecule has 1 atom stereocenters. The summed E-state index contributed by atoms with van der Waals surface area (Å²) in [5, 5.41) is 8.16. The molecule has 1 rings (SSSR count). The maximum absolute atomic E-state index is 11.5. The van der Waals surface area contributed by atoms with Gasteiger partial charge in [0.05, 0.1) is 6.54 Å². The van der Waals surface area contributed by atoms with Gasteiger partial charge in [0.1, 0.15) is 0 Å². The SMILES string of the molecule is CCC(C)NC(=O)CNCc1sccc1C. The molecule has 0 radical (unpaired) electrons. The summed E-state index contributed by atoms with van der Waals surface area (Å²) in [4.78, 5) is 12.8. The number of hydrogen-bond acceptors (Lipinski definition) is 3. The van der Waals surface area contributed by atoms with Gasteiger partial charge in [0.2, 0.25) is 5.91 Å². The third kappa shape index (κ3) is 4.33.